The summed E-state index contributed by atoms with van der Waals surface area (Å²) in [5, 5.41) is 10.5. The van der Waals surface area contributed by atoms with Gasteiger partial charge in [0.1, 0.15) is 28.8 Å². The minimum Gasteiger partial charge on any atom is -0.486 e. The van der Waals surface area contributed by atoms with E-state index in [-0.39, 0.29) is 19.1 Å². The van der Waals surface area contributed by atoms with Gasteiger partial charge in [0, 0.05) is 11.6 Å². The van der Waals surface area contributed by atoms with E-state index < -0.39 is 0 Å². The van der Waals surface area contributed by atoms with Crippen molar-refractivity contribution in [3.05, 3.63) is 80.8 Å². The van der Waals surface area contributed by atoms with Gasteiger partial charge in [-0.25, -0.2) is 4.98 Å². The van der Waals surface area contributed by atoms with Crippen LogP contribution in [-0.2, 0) is 13.2 Å². The molecule has 0 unspecified atom stereocenters. The van der Waals surface area contributed by atoms with Gasteiger partial charge in [-0.3, -0.25) is 4.79 Å². The molecule has 0 spiro atoms. The van der Waals surface area contributed by atoms with Crippen molar-refractivity contribution in [2.75, 3.05) is 6.54 Å². The first kappa shape index (κ1) is 19.9. The molecule has 1 amide bonds. The number of hydrogen-bond donors (Lipinski definition) is 0. The topological polar surface area (TPSA) is 66.2 Å². The first-order chi connectivity index (χ1) is 13.6. The zero-order chi connectivity index (χ0) is 19.9. The predicted octanol–water partition coefficient (Wildman–Crippen LogP) is 4.85. The maximum Gasteiger partial charge on any atom is 0.267 e. The van der Waals surface area contributed by atoms with Crippen LogP contribution < -0.4 is 4.74 Å². The van der Waals surface area contributed by atoms with Gasteiger partial charge in [-0.05, 0) is 36.8 Å². The Balaban J connectivity index is 1.71. The smallest absolute Gasteiger partial charge is 0.267 e. The molecule has 0 saturated carbocycles. The van der Waals surface area contributed by atoms with Crippen molar-refractivity contribution in [1.29, 1.82) is 5.26 Å². The molecule has 0 aliphatic rings. The number of aryl methyl sites for hydroxylation is 1. The fraction of sp³-hybridized carbons (Fsp3) is 0.190. The Bertz CT molecular complexity index is 981. The van der Waals surface area contributed by atoms with Gasteiger partial charge in [-0.1, -0.05) is 41.9 Å². The molecule has 142 valence electrons. The van der Waals surface area contributed by atoms with Gasteiger partial charge >= 0.3 is 0 Å². The van der Waals surface area contributed by atoms with Gasteiger partial charge in [0.25, 0.3) is 5.91 Å². The lowest BCUT2D eigenvalue weighted by Gasteiger charge is -2.19. The largest absolute Gasteiger partial charge is 0.486 e. The van der Waals surface area contributed by atoms with E-state index in [2.05, 4.69) is 11.1 Å². The summed E-state index contributed by atoms with van der Waals surface area (Å²) in [6, 6.07) is 18.7. The normalized spacial score (nSPS) is 10.3. The van der Waals surface area contributed by atoms with Gasteiger partial charge in [0.15, 0.2) is 0 Å². The van der Waals surface area contributed by atoms with Gasteiger partial charge in [0.2, 0.25) is 0 Å². The van der Waals surface area contributed by atoms with Crippen LogP contribution in [0.4, 0.5) is 0 Å². The van der Waals surface area contributed by atoms with E-state index in [1.54, 1.807) is 31.2 Å². The van der Waals surface area contributed by atoms with E-state index in [0.717, 1.165) is 5.56 Å². The highest BCUT2D eigenvalue weighted by Crippen LogP contribution is 2.23. The first-order valence-electron chi connectivity index (χ1n) is 8.61. The summed E-state index contributed by atoms with van der Waals surface area (Å²) in [7, 11) is 0. The zero-order valence-corrected chi connectivity index (χ0v) is 16.8. The van der Waals surface area contributed by atoms with Crippen molar-refractivity contribution in [2.24, 2.45) is 0 Å². The van der Waals surface area contributed by atoms with Gasteiger partial charge in [-0.15, -0.1) is 11.3 Å². The Kier molecular flexibility index (Phi) is 6.64. The number of nitriles is 1. The van der Waals surface area contributed by atoms with Crippen LogP contribution in [0.5, 0.6) is 5.75 Å². The fourth-order valence-corrected chi connectivity index (χ4v) is 3.69. The number of amides is 1. The van der Waals surface area contributed by atoms with Crippen LogP contribution in [0.1, 0.15) is 25.9 Å². The molecule has 0 atom stereocenters. The third-order valence-corrected chi connectivity index (χ3v) is 5.35. The quantitative estimate of drug-likeness (QED) is 0.521. The number of thiazole rings is 1. The van der Waals surface area contributed by atoms with Crippen LogP contribution >= 0.6 is 22.9 Å². The average Bonchev–Trinajstić information content (AvgIpc) is 3.08. The number of carbonyl (C=O) groups is 1. The molecule has 7 heteroatoms. The van der Waals surface area contributed by atoms with Crippen molar-refractivity contribution in [3.8, 4) is 11.8 Å². The van der Waals surface area contributed by atoms with Crippen LogP contribution in [0.3, 0.4) is 0 Å². The molecule has 0 saturated heterocycles. The monoisotopic (exact) mass is 411 g/mol. The summed E-state index contributed by atoms with van der Waals surface area (Å²) in [4.78, 5) is 19.5. The number of rotatable bonds is 7. The minimum atomic E-state index is -0.196. The molecule has 0 radical (unpaired) electrons. The molecule has 5 nitrogen and oxygen atoms in total. The third-order valence-electron chi connectivity index (χ3n) is 3.98. The highest BCUT2D eigenvalue weighted by molar-refractivity contribution is 7.13. The van der Waals surface area contributed by atoms with E-state index in [1.165, 1.54) is 16.2 Å². The molecule has 0 N–H and O–H groups in total. The van der Waals surface area contributed by atoms with Gasteiger partial charge < -0.3 is 9.64 Å². The standard InChI is InChI=1S/C21H18ClN3O2S/c1-15-20(21(26)25(12-11-23)13-16-5-3-2-4-6-16)28-19(24-15)14-27-18-9-7-17(22)8-10-18/h2-10H,12-14H2,1H3. The van der Waals surface area contributed by atoms with E-state index in [1.807, 2.05) is 30.3 Å². The molecular weight excluding hydrogens is 394 g/mol. The zero-order valence-electron chi connectivity index (χ0n) is 15.3. The Labute approximate surface area is 172 Å². The molecule has 3 aromatic rings. The Morgan fingerprint density at radius 2 is 1.93 bits per heavy atom. The first-order valence-corrected chi connectivity index (χ1v) is 9.81. The summed E-state index contributed by atoms with van der Waals surface area (Å²) >= 11 is 7.16. The van der Waals surface area contributed by atoms with Gasteiger partial charge in [-0.2, -0.15) is 5.26 Å². The molecule has 1 aromatic heterocycles. The maximum atomic E-state index is 13.0. The number of hydrogen-bond acceptors (Lipinski definition) is 5. The van der Waals surface area contributed by atoms with Crippen LogP contribution in [0.15, 0.2) is 54.6 Å². The molecule has 3 rings (SSSR count). The average molecular weight is 412 g/mol. The molecule has 0 aliphatic heterocycles. The van der Waals surface area contributed by atoms with Gasteiger partial charge in [0.05, 0.1) is 11.8 Å². The number of ether oxygens (including phenoxy) is 1. The second-order valence-corrected chi connectivity index (χ2v) is 7.59. The van der Waals surface area contributed by atoms with Crippen LogP contribution in [0.25, 0.3) is 0 Å². The van der Waals surface area contributed by atoms with E-state index in [4.69, 9.17) is 21.6 Å². The van der Waals surface area contributed by atoms with Crippen molar-refractivity contribution in [3.63, 3.8) is 0 Å². The number of carbonyl (C=O) groups excluding carboxylic acids is 1. The van der Waals surface area contributed by atoms with E-state index >= 15 is 0 Å². The van der Waals surface area contributed by atoms with Crippen molar-refractivity contribution in [1.82, 2.24) is 9.88 Å². The molecule has 1 heterocycles. The van der Waals surface area contributed by atoms with Crippen molar-refractivity contribution < 1.29 is 9.53 Å². The second-order valence-electron chi connectivity index (χ2n) is 6.07. The van der Waals surface area contributed by atoms with E-state index in [9.17, 15) is 4.79 Å². The molecular formula is C21H18ClN3O2S. The lowest BCUT2D eigenvalue weighted by molar-refractivity contribution is 0.0769. The number of nitrogens with zero attached hydrogens (tertiary/aromatic N) is 3. The Morgan fingerprint density at radius 3 is 2.61 bits per heavy atom. The lowest BCUT2D eigenvalue weighted by Crippen LogP contribution is -2.30. The predicted molar refractivity (Wildman–Crippen MR) is 109 cm³/mol. The fourth-order valence-electron chi connectivity index (χ4n) is 2.62. The minimum absolute atomic E-state index is 0.0156. The molecule has 28 heavy (non-hydrogen) atoms. The second kappa shape index (κ2) is 9.36. The highest BCUT2D eigenvalue weighted by Gasteiger charge is 2.22. The third kappa shape index (κ3) is 5.10. The lowest BCUT2D eigenvalue weighted by atomic mass is 10.2. The summed E-state index contributed by atoms with van der Waals surface area (Å²) in [6.07, 6.45) is 0. The summed E-state index contributed by atoms with van der Waals surface area (Å²) in [6.45, 7) is 2.45. The maximum absolute atomic E-state index is 13.0. The Hall–Kier alpha value is -2.88. The van der Waals surface area contributed by atoms with Crippen molar-refractivity contribution >= 4 is 28.8 Å². The Morgan fingerprint density at radius 1 is 1.21 bits per heavy atom. The molecule has 0 fully saturated rings. The van der Waals surface area contributed by atoms with Crippen LogP contribution in [0, 0.1) is 18.3 Å². The molecule has 0 aliphatic carbocycles. The number of benzene rings is 2. The SMILES string of the molecule is Cc1nc(COc2ccc(Cl)cc2)sc1C(=O)N(CC#N)Cc1ccccc1. The number of aromatic nitrogens is 1. The molecule has 2 aromatic carbocycles. The molecule has 0 bridgehead atoms. The summed E-state index contributed by atoms with van der Waals surface area (Å²) in [5.74, 6) is 0.485. The van der Waals surface area contributed by atoms with Crippen molar-refractivity contribution in [2.45, 2.75) is 20.1 Å². The summed E-state index contributed by atoms with van der Waals surface area (Å²) < 4.78 is 5.71. The van der Waals surface area contributed by atoms with Crippen LogP contribution in [0.2, 0.25) is 5.02 Å². The van der Waals surface area contributed by atoms with Crippen LogP contribution in [-0.4, -0.2) is 22.3 Å². The number of halogens is 1. The summed E-state index contributed by atoms with van der Waals surface area (Å²) in [5.41, 5.74) is 1.61. The highest BCUT2D eigenvalue weighted by atomic mass is 35.5. The van der Waals surface area contributed by atoms with E-state index in [0.29, 0.717) is 32.9 Å².